The van der Waals surface area contributed by atoms with Crippen LogP contribution in [-0.4, -0.2) is 50.2 Å². The molecule has 43 heavy (non-hydrogen) atoms. The first-order valence-corrected chi connectivity index (χ1v) is 15.2. The number of halogens is 2. The molecule has 0 aromatic heterocycles. The molecule has 2 fully saturated rings. The van der Waals surface area contributed by atoms with Crippen molar-refractivity contribution in [3.63, 3.8) is 0 Å². The van der Waals surface area contributed by atoms with Gasteiger partial charge in [0.1, 0.15) is 25.6 Å². The zero-order valence-corrected chi connectivity index (χ0v) is 25.6. The summed E-state index contributed by atoms with van der Waals surface area (Å²) in [5.74, 6) is -0.615. The number of hydrogen-bond donors (Lipinski definition) is 2. The molecule has 2 saturated heterocycles. The van der Waals surface area contributed by atoms with Gasteiger partial charge in [0.15, 0.2) is 0 Å². The van der Waals surface area contributed by atoms with Crippen LogP contribution in [0.2, 0.25) is 10.0 Å². The third-order valence-corrected chi connectivity index (χ3v) is 9.38. The number of benzene rings is 3. The van der Waals surface area contributed by atoms with Crippen LogP contribution < -0.4 is 20.8 Å². The Morgan fingerprint density at radius 1 is 1.05 bits per heavy atom. The highest BCUT2D eigenvalue weighted by molar-refractivity contribution is 6.32. The number of carbonyl (C=O) groups is 3. The van der Waals surface area contributed by atoms with Gasteiger partial charge in [-0.2, -0.15) is 0 Å². The van der Waals surface area contributed by atoms with Gasteiger partial charge in [-0.1, -0.05) is 59.0 Å². The molecular formula is C33H32BCl2N3O4. The first kappa shape index (κ1) is 29.6. The van der Waals surface area contributed by atoms with Gasteiger partial charge >= 0.3 is 0 Å². The molecule has 2 radical (unpaired) electrons. The Morgan fingerprint density at radius 3 is 2.53 bits per heavy atom. The molecule has 1 spiro atoms. The second kappa shape index (κ2) is 11.2. The van der Waals surface area contributed by atoms with Crippen LogP contribution in [0.15, 0.2) is 60.7 Å². The number of amides is 3. The first-order chi connectivity index (χ1) is 20.5. The van der Waals surface area contributed by atoms with Crippen LogP contribution in [0.25, 0.3) is 0 Å². The summed E-state index contributed by atoms with van der Waals surface area (Å²) >= 11 is 12.8. The molecular weight excluding hydrogens is 584 g/mol. The van der Waals surface area contributed by atoms with Gasteiger partial charge in [-0.15, -0.1) is 0 Å². The van der Waals surface area contributed by atoms with Crippen molar-refractivity contribution in [2.45, 2.75) is 50.5 Å². The number of fused-ring (bicyclic) bond motifs is 2. The number of rotatable bonds is 6. The van der Waals surface area contributed by atoms with Gasteiger partial charge in [0.2, 0.25) is 17.7 Å². The Labute approximate surface area is 262 Å². The molecule has 220 valence electrons. The monoisotopic (exact) mass is 615 g/mol. The largest absolute Gasteiger partial charge is 0.492 e. The van der Waals surface area contributed by atoms with Crippen LogP contribution in [0.5, 0.6) is 5.75 Å². The molecule has 0 saturated carbocycles. The number of nitrogens with one attached hydrogen (secondary N) is 2. The highest BCUT2D eigenvalue weighted by Crippen LogP contribution is 2.58. The summed E-state index contributed by atoms with van der Waals surface area (Å²) in [5, 5.41) is 7.13. The fraction of sp³-hybridized carbons (Fsp3) is 0.364. The lowest BCUT2D eigenvalue weighted by Gasteiger charge is -2.46. The van der Waals surface area contributed by atoms with Crippen molar-refractivity contribution in [1.29, 1.82) is 0 Å². The summed E-state index contributed by atoms with van der Waals surface area (Å²) in [5.41, 5.74) is 0.943. The third-order valence-electron chi connectivity index (χ3n) is 8.91. The van der Waals surface area contributed by atoms with Crippen molar-refractivity contribution < 1.29 is 19.1 Å². The lowest BCUT2D eigenvalue weighted by Crippen LogP contribution is -2.57. The zero-order chi connectivity index (χ0) is 30.5. The normalized spacial score (nSPS) is 23.2. The number of anilines is 1. The average Bonchev–Trinajstić information content (AvgIpc) is 3.60. The van der Waals surface area contributed by atoms with Crippen molar-refractivity contribution in [3.8, 4) is 5.75 Å². The Bertz CT molecular complexity index is 1620. The second-order valence-electron chi connectivity index (χ2n) is 12.3. The number of hydrogen-bond acceptors (Lipinski definition) is 4. The van der Waals surface area contributed by atoms with E-state index in [-0.39, 0.29) is 30.7 Å². The Kier molecular flexibility index (Phi) is 7.72. The molecule has 3 amide bonds. The molecule has 2 N–H and O–H groups in total. The predicted octanol–water partition coefficient (Wildman–Crippen LogP) is 5.05. The van der Waals surface area contributed by atoms with Gasteiger partial charge in [-0.3, -0.25) is 14.4 Å². The van der Waals surface area contributed by atoms with E-state index < -0.39 is 22.8 Å². The molecule has 3 aromatic carbocycles. The minimum absolute atomic E-state index is 0.0337. The second-order valence-corrected chi connectivity index (χ2v) is 13.2. The topological polar surface area (TPSA) is 87.7 Å². The quantitative estimate of drug-likeness (QED) is 0.380. The molecule has 0 unspecified atom stereocenters. The smallest absolute Gasteiger partial charge is 0.238 e. The summed E-state index contributed by atoms with van der Waals surface area (Å²) in [7, 11) is 6.32. The lowest BCUT2D eigenvalue weighted by atomic mass is 9.59. The fourth-order valence-electron chi connectivity index (χ4n) is 6.86. The van der Waals surface area contributed by atoms with E-state index in [1.54, 1.807) is 42.5 Å². The molecule has 6 rings (SSSR count). The van der Waals surface area contributed by atoms with Gasteiger partial charge in [-0.25, -0.2) is 0 Å². The first-order valence-electron chi connectivity index (χ1n) is 14.5. The number of likely N-dealkylation sites (tertiary alicyclic amines) is 1. The number of ether oxygens (including phenoxy) is 1. The van der Waals surface area contributed by atoms with Crippen LogP contribution in [-0.2, 0) is 19.8 Å². The minimum atomic E-state index is -1.29. The summed E-state index contributed by atoms with van der Waals surface area (Å²) < 4.78 is 6.40. The highest BCUT2D eigenvalue weighted by atomic mass is 35.5. The van der Waals surface area contributed by atoms with Gasteiger partial charge in [-0.05, 0) is 68.1 Å². The molecule has 3 heterocycles. The molecule has 0 aliphatic carbocycles. The van der Waals surface area contributed by atoms with E-state index >= 15 is 0 Å². The van der Waals surface area contributed by atoms with Crippen LogP contribution in [0, 0.1) is 5.41 Å². The number of nitrogens with zero attached hydrogens (tertiary/aromatic N) is 1. The molecule has 3 atom stereocenters. The highest BCUT2D eigenvalue weighted by Gasteiger charge is 2.61. The summed E-state index contributed by atoms with van der Waals surface area (Å²) in [6, 6.07) is 16.9. The van der Waals surface area contributed by atoms with Crippen molar-refractivity contribution >= 4 is 59.9 Å². The van der Waals surface area contributed by atoms with E-state index in [0.717, 1.165) is 31.5 Å². The molecule has 10 heteroatoms. The number of piperidine rings is 1. The Morgan fingerprint density at radius 2 is 1.79 bits per heavy atom. The van der Waals surface area contributed by atoms with E-state index in [4.69, 9.17) is 35.8 Å². The van der Waals surface area contributed by atoms with Crippen molar-refractivity contribution in [1.82, 2.24) is 10.2 Å². The van der Waals surface area contributed by atoms with Gasteiger partial charge in [0, 0.05) is 46.7 Å². The molecule has 7 nitrogen and oxygen atoms in total. The summed E-state index contributed by atoms with van der Waals surface area (Å²) in [6.45, 7) is 5.33. The Balaban J connectivity index is 1.48. The van der Waals surface area contributed by atoms with Crippen LogP contribution in [0.4, 0.5) is 5.69 Å². The molecule has 0 bridgehead atoms. The summed E-state index contributed by atoms with van der Waals surface area (Å²) in [4.78, 5) is 43.0. The van der Waals surface area contributed by atoms with E-state index in [1.807, 2.05) is 36.9 Å². The zero-order valence-electron chi connectivity index (χ0n) is 24.1. The maximum Gasteiger partial charge on any atom is 0.238 e. The Hall–Kier alpha value is -3.49. The van der Waals surface area contributed by atoms with Gasteiger partial charge in [0.05, 0.1) is 11.5 Å². The number of carbonyl (C=O) groups excluding carboxylic acids is 3. The lowest BCUT2D eigenvalue weighted by molar-refractivity contribution is -0.140. The minimum Gasteiger partial charge on any atom is -0.492 e. The van der Waals surface area contributed by atoms with Crippen LogP contribution in [0.1, 0.15) is 61.8 Å². The fourth-order valence-corrected chi connectivity index (χ4v) is 7.23. The van der Waals surface area contributed by atoms with E-state index in [0.29, 0.717) is 38.1 Å². The third kappa shape index (κ3) is 5.19. The predicted molar refractivity (Wildman–Crippen MR) is 168 cm³/mol. The van der Waals surface area contributed by atoms with Crippen molar-refractivity contribution in [2.24, 2.45) is 5.41 Å². The standard InChI is InChI=1S/C33H32BCl2N3O4/c1-32(2,31(42)39-12-3-4-13-39)18-43-27-11-8-20(34)15-23(27)29-33(24-10-9-22(36)16-26(24)37-30(33)41)25(17-28(40)38-29)19-6-5-7-21(35)14-19/h5-11,14-16,25,29H,3-4,12-13,17-18H2,1-2H3,(H,37,41)(H,38,40)/t25-,29+,33-/m0/s1. The van der Waals surface area contributed by atoms with Gasteiger partial charge in [0.25, 0.3) is 0 Å². The SMILES string of the molecule is [B]c1ccc(OCC(C)(C)C(=O)N2CCCC2)c([C@H]2NC(=O)C[C@@H](c3cccc(Cl)c3)[C@]23C(=O)Nc2cc(Cl)ccc23)c1. The van der Waals surface area contributed by atoms with Gasteiger partial charge < -0.3 is 20.3 Å². The van der Waals surface area contributed by atoms with E-state index in [1.165, 1.54) is 0 Å². The van der Waals surface area contributed by atoms with Crippen LogP contribution in [0.3, 0.4) is 0 Å². The van der Waals surface area contributed by atoms with E-state index in [9.17, 15) is 14.4 Å². The summed E-state index contributed by atoms with van der Waals surface area (Å²) in [6.07, 6.45) is 2.05. The maximum atomic E-state index is 14.4. The van der Waals surface area contributed by atoms with Crippen molar-refractivity contribution in [3.05, 3.63) is 87.4 Å². The molecule has 3 aliphatic heterocycles. The molecule has 3 aliphatic rings. The van der Waals surface area contributed by atoms with Crippen molar-refractivity contribution in [2.75, 3.05) is 25.0 Å². The van der Waals surface area contributed by atoms with E-state index in [2.05, 4.69) is 10.6 Å². The average molecular weight is 616 g/mol. The van der Waals surface area contributed by atoms with Crippen LogP contribution >= 0.6 is 23.2 Å². The molecule has 3 aromatic rings. The maximum absolute atomic E-state index is 14.4.